The van der Waals surface area contributed by atoms with Gasteiger partial charge in [0.2, 0.25) is 11.8 Å². The van der Waals surface area contributed by atoms with E-state index in [4.69, 9.17) is 4.42 Å². The van der Waals surface area contributed by atoms with Crippen LogP contribution in [0.2, 0.25) is 0 Å². The molecular weight excluding hydrogens is 286 g/mol. The standard InChI is InChI=1S/C14H15N5OS/c1-7-6-21-14-11(7)12(16-8(2)17-14)15-5-10-18-19-13(20-10)9-3-4-9/h6,9H,3-5H2,1-2H3,(H,15,16,17). The molecule has 108 valence electrons. The van der Waals surface area contributed by atoms with Crippen molar-refractivity contribution in [2.45, 2.75) is 39.2 Å². The molecule has 0 atom stereocenters. The summed E-state index contributed by atoms with van der Waals surface area (Å²) in [5, 5.41) is 14.7. The van der Waals surface area contributed by atoms with Gasteiger partial charge in [0.25, 0.3) is 0 Å². The van der Waals surface area contributed by atoms with Gasteiger partial charge < -0.3 is 9.73 Å². The maximum Gasteiger partial charge on any atom is 0.235 e. The smallest absolute Gasteiger partial charge is 0.235 e. The summed E-state index contributed by atoms with van der Waals surface area (Å²) in [6, 6.07) is 0. The van der Waals surface area contributed by atoms with Crippen molar-refractivity contribution in [3.05, 3.63) is 28.5 Å². The van der Waals surface area contributed by atoms with Gasteiger partial charge in [0.05, 0.1) is 11.9 Å². The van der Waals surface area contributed by atoms with Crippen molar-refractivity contribution in [3.8, 4) is 0 Å². The molecule has 21 heavy (non-hydrogen) atoms. The molecule has 0 bridgehead atoms. The van der Waals surface area contributed by atoms with Gasteiger partial charge in [-0.05, 0) is 37.6 Å². The van der Waals surface area contributed by atoms with Crippen LogP contribution in [0.5, 0.6) is 0 Å². The van der Waals surface area contributed by atoms with E-state index in [2.05, 4.69) is 37.8 Å². The van der Waals surface area contributed by atoms with Crippen LogP contribution < -0.4 is 5.32 Å². The van der Waals surface area contributed by atoms with Crippen LogP contribution in [0.3, 0.4) is 0 Å². The number of nitrogens with zero attached hydrogens (tertiary/aromatic N) is 4. The van der Waals surface area contributed by atoms with Crippen LogP contribution in [0.15, 0.2) is 9.80 Å². The molecule has 6 nitrogen and oxygen atoms in total. The van der Waals surface area contributed by atoms with Crippen molar-refractivity contribution < 1.29 is 4.42 Å². The van der Waals surface area contributed by atoms with E-state index in [1.807, 2.05) is 6.92 Å². The first kappa shape index (κ1) is 12.7. The zero-order valence-corrected chi connectivity index (χ0v) is 12.7. The minimum absolute atomic E-state index is 0.485. The van der Waals surface area contributed by atoms with Gasteiger partial charge in [-0.2, -0.15) is 0 Å². The predicted octanol–water partition coefficient (Wildman–Crippen LogP) is 3.18. The molecule has 1 N–H and O–H groups in total. The number of aryl methyl sites for hydroxylation is 2. The normalized spacial score (nSPS) is 14.8. The summed E-state index contributed by atoms with van der Waals surface area (Å²) >= 11 is 1.64. The van der Waals surface area contributed by atoms with Gasteiger partial charge in [0, 0.05) is 5.92 Å². The lowest BCUT2D eigenvalue weighted by molar-refractivity contribution is 0.457. The molecular formula is C14H15N5OS. The molecule has 0 spiro atoms. The lowest BCUT2D eigenvalue weighted by Gasteiger charge is -2.06. The van der Waals surface area contributed by atoms with E-state index in [9.17, 15) is 0 Å². The first-order valence-corrected chi connectivity index (χ1v) is 7.87. The molecule has 1 aliphatic carbocycles. The fraction of sp³-hybridized carbons (Fsp3) is 0.429. The van der Waals surface area contributed by atoms with Gasteiger partial charge in [-0.1, -0.05) is 0 Å². The number of rotatable bonds is 4. The van der Waals surface area contributed by atoms with Gasteiger partial charge in [-0.3, -0.25) is 0 Å². The zero-order chi connectivity index (χ0) is 14.4. The van der Waals surface area contributed by atoms with Crippen LogP contribution in [0, 0.1) is 13.8 Å². The Bertz CT molecular complexity index is 805. The average molecular weight is 301 g/mol. The van der Waals surface area contributed by atoms with Crippen LogP contribution in [-0.4, -0.2) is 20.2 Å². The number of thiophene rings is 1. The molecule has 0 unspecified atom stereocenters. The number of anilines is 1. The molecule has 3 heterocycles. The van der Waals surface area contributed by atoms with E-state index in [1.54, 1.807) is 11.3 Å². The van der Waals surface area contributed by atoms with Gasteiger partial charge in [0.15, 0.2) is 0 Å². The second-order valence-electron chi connectivity index (χ2n) is 5.38. The van der Waals surface area contributed by atoms with E-state index in [0.717, 1.165) is 40.6 Å². The first-order chi connectivity index (χ1) is 10.2. The van der Waals surface area contributed by atoms with Crippen molar-refractivity contribution in [1.29, 1.82) is 0 Å². The van der Waals surface area contributed by atoms with E-state index >= 15 is 0 Å². The Morgan fingerprint density at radius 2 is 2.14 bits per heavy atom. The third-order valence-corrected chi connectivity index (χ3v) is 4.54. The molecule has 7 heteroatoms. The topological polar surface area (TPSA) is 76.7 Å². The van der Waals surface area contributed by atoms with Crippen LogP contribution in [0.4, 0.5) is 5.82 Å². The number of hydrogen-bond acceptors (Lipinski definition) is 7. The first-order valence-electron chi connectivity index (χ1n) is 6.99. The van der Waals surface area contributed by atoms with Gasteiger partial charge in [-0.25, -0.2) is 9.97 Å². The number of aromatic nitrogens is 4. The van der Waals surface area contributed by atoms with Crippen molar-refractivity contribution in [1.82, 2.24) is 20.2 Å². The van der Waals surface area contributed by atoms with Gasteiger partial charge in [0.1, 0.15) is 16.5 Å². The van der Waals surface area contributed by atoms with Crippen molar-refractivity contribution in [3.63, 3.8) is 0 Å². The Morgan fingerprint density at radius 3 is 2.95 bits per heavy atom. The molecule has 1 fully saturated rings. The summed E-state index contributed by atoms with van der Waals surface area (Å²) in [4.78, 5) is 9.97. The Morgan fingerprint density at radius 1 is 1.29 bits per heavy atom. The minimum atomic E-state index is 0.485. The Hall–Kier alpha value is -2.02. The molecule has 3 aromatic rings. The average Bonchev–Trinajstić information content (AvgIpc) is 3.10. The molecule has 1 aliphatic rings. The Balaban J connectivity index is 1.59. The van der Waals surface area contributed by atoms with Crippen molar-refractivity contribution in [2.75, 3.05) is 5.32 Å². The lowest BCUT2D eigenvalue weighted by atomic mass is 10.2. The van der Waals surface area contributed by atoms with Crippen LogP contribution >= 0.6 is 11.3 Å². The highest BCUT2D eigenvalue weighted by molar-refractivity contribution is 7.17. The minimum Gasteiger partial charge on any atom is -0.423 e. The van der Waals surface area contributed by atoms with Crippen LogP contribution in [0.25, 0.3) is 10.2 Å². The van der Waals surface area contributed by atoms with Gasteiger partial charge in [-0.15, -0.1) is 21.5 Å². The molecule has 0 amide bonds. The maximum absolute atomic E-state index is 5.66. The molecule has 1 saturated carbocycles. The van der Waals surface area contributed by atoms with E-state index in [1.165, 1.54) is 5.56 Å². The Labute approximate surface area is 125 Å². The summed E-state index contributed by atoms with van der Waals surface area (Å²) in [7, 11) is 0. The largest absolute Gasteiger partial charge is 0.423 e. The van der Waals surface area contributed by atoms with Crippen molar-refractivity contribution in [2.24, 2.45) is 0 Å². The molecule has 0 saturated heterocycles. The number of hydrogen-bond donors (Lipinski definition) is 1. The second-order valence-corrected chi connectivity index (χ2v) is 6.24. The monoisotopic (exact) mass is 301 g/mol. The fourth-order valence-electron chi connectivity index (χ4n) is 2.31. The third-order valence-electron chi connectivity index (χ3n) is 3.55. The third kappa shape index (κ3) is 2.37. The SMILES string of the molecule is Cc1nc(NCc2nnc(C3CC3)o2)c2c(C)csc2n1. The van der Waals surface area contributed by atoms with E-state index in [-0.39, 0.29) is 0 Å². The highest BCUT2D eigenvalue weighted by Crippen LogP contribution is 2.39. The molecule has 0 radical (unpaired) electrons. The number of nitrogens with one attached hydrogen (secondary N) is 1. The summed E-state index contributed by atoms with van der Waals surface area (Å²) in [5.41, 5.74) is 1.18. The highest BCUT2D eigenvalue weighted by Gasteiger charge is 2.29. The van der Waals surface area contributed by atoms with Gasteiger partial charge >= 0.3 is 0 Å². The zero-order valence-electron chi connectivity index (χ0n) is 11.9. The van der Waals surface area contributed by atoms with Crippen molar-refractivity contribution >= 4 is 27.4 Å². The lowest BCUT2D eigenvalue weighted by Crippen LogP contribution is -2.04. The molecule has 3 aromatic heterocycles. The summed E-state index contributed by atoms with van der Waals surface area (Å²) < 4.78 is 5.66. The predicted molar refractivity (Wildman–Crippen MR) is 80.5 cm³/mol. The van der Waals surface area contributed by atoms with Crippen LogP contribution in [0.1, 0.15) is 41.9 Å². The summed E-state index contributed by atoms with van der Waals surface area (Å²) in [5.74, 6) is 3.45. The molecule has 0 aliphatic heterocycles. The second kappa shape index (κ2) is 4.77. The van der Waals surface area contributed by atoms with Crippen LogP contribution in [-0.2, 0) is 6.54 Å². The van der Waals surface area contributed by atoms with E-state index in [0.29, 0.717) is 18.4 Å². The fourth-order valence-corrected chi connectivity index (χ4v) is 3.28. The molecule has 0 aromatic carbocycles. The number of fused-ring (bicyclic) bond motifs is 1. The molecule has 4 rings (SSSR count). The summed E-state index contributed by atoms with van der Waals surface area (Å²) in [6.07, 6.45) is 2.32. The quantitative estimate of drug-likeness (QED) is 0.797. The summed E-state index contributed by atoms with van der Waals surface area (Å²) in [6.45, 7) is 4.46. The highest BCUT2D eigenvalue weighted by atomic mass is 32.1. The van der Waals surface area contributed by atoms with E-state index < -0.39 is 0 Å². The Kier molecular flexibility index (Phi) is 2.88. The maximum atomic E-state index is 5.66.